The molecular formula is C14H15ClN2O3S. The van der Waals surface area contributed by atoms with Gasteiger partial charge < -0.3 is 10.5 Å². The number of methoxy groups -OCH3 is 1. The van der Waals surface area contributed by atoms with Crippen LogP contribution in [0.5, 0.6) is 5.75 Å². The monoisotopic (exact) mass is 326 g/mol. The van der Waals surface area contributed by atoms with Crippen LogP contribution in [0.2, 0.25) is 5.02 Å². The number of rotatable bonds is 4. The van der Waals surface area contributed by atoms with Crippen molar-refractivity contribution in [2.45, 2.75) is 4.90 Å². The molecule has 2 rings (SSSR count). The first kappa shape index (κ1) is 15.5. The highest BCUT2D eigenvalue weighted by Gasteiger charge is 2.26. The Bertz CT molecular complexity index is 742. The summed E-state index contributed by atoms with van der Waals surface area (Å²) in [7, 11) is -0.907. The van der Waals surface area contributed by atoms with E-state index in [4.69, 9.17) is 22.1 Å². The lowest BCUT2D eigenvalue weighted by atomic mass is 10.3. The summed E-state index contributed by atoms with van der Waals surface area (Å²) in [4.78, 5) is -0.100. The Morgan fingerprint density at radius 1 is 1.19 bits per heavy atom. The zero-order valence-corrected chi connectivity index (χ0v) is 13.1. The molecule has 0 atom stereocenters. The molecule has 0 bridgehead atoms. The smallest absolute Gasteiger partial charge is 0.267 e. The minimum Gasteiger partial charge on any atom is -0.497 e. The summed E-state index contributed by atoms with van der Waals surface area (Å²) in [5.41, 5.74) is 6.33. The van der Waals surface area contributed by atoms with Crippen molar-refractivity contribution < 1.29 is 13.2 Å². The third-order valence-corrected chi connectivity index (χ3v) is 5.36. The van der Waals surface area contributed by atoms with E-state index in [-0.39, 0.29) is 15.6 Å². The minimum atomic E-state index is -3.86. The Balaban J connectivity index is 2.53. The van der Waals surface area contributed by atoms with Crippen LogP contribution in [0.25, 0.3) is 0 Å². The van der Waals surface area contributed by atoms with Gasteiger partial charge in [-0.3, -0.25) is 4.31 Å². The summed E-state index contributed by atoms with van der Waals surface area (Å²) >= 11 is 5.99. The Hall–Kier alpha value is -1.92. The van der Waals surface area contributed by atoms with Gasteiger partial charge in [-0.2, -0.15) is 0 Å². The highest BCUT2D eigenvalue weighted by molar-refractivity contribution is 7.93. The predicted octanol–water partition coefficient (Wildman–Crippen LogP) is 2.76. The lowest BCUT2D eigenvalue weighted by molar-refractivity contribution is 0.415. The Kier molecular flexibility index (Phi) is 4.29. The predicted molar refractivity (Wildman–Crippen MR) is 84.4 cm³/mol. The van der Waals surface area contributed by atoms with E-state index >= 15 is 0 Å². The molecule has 0 radical (unpaired) electrons. The number of hydrogen-bond donors (Lipinski definition) is 1. The van der Waals surface area contributed by atoms with Crippen LogP contribution in [0, 0.1) is 0 Å². The molecule has 0 heterocycles. The molecule has 21 heavy (non-hydrogen) atoms. The second kappa shape index (κ2) is 5.83. The number of nitrogens with two attached hydrogens (primary N) is 1. The number of ether oxygens (including phenoxy) is 1. The van der Waals surface area contributed by atoms with Crippen LogP contribution in [0.1, 0.15) is 0 Å². The maximum atomic E-state index is 12.7. The molecule has 0 aliphatic rings. The minimum absolute atomic E-state index is 0.0877. The number of benzene rings is 2. The van der Waals surface area contributed by atoms with Crippen LogP contribution >= 0.6 is 11.6 Å². The van der Waals surface area contributed by atoms with Gasteiger partial charge in [0, 0.05) is 13.1 Å². The quantitative estimate of drug-likeness (QED) is 0.877. The normalized spacial score (nSPS) is 11.2. The van der Waals surface area contributed by atoms with Crippen LogP contribution in [-0.4, -0.2) is 22.6 Å². The van der Waals surface area contributed by atoms with Crippen molar-refractivity contribution in [2.24, 2.45) is 0 Å². The summed E-state index contributed by atoms with van der Waals surface area (Å²) in [5, 5.41) is 0.0877. The van der Waals surface area contributed by atoms with E-state index in [0.717, 1.165) is 4.31 Å². The van der Waals surface area contributed by atoms with E-state index < -0.39 is 10.0 Å². The summed E-state index contributed by atoms with van der Waals surface area (Å²) in [5.74, 6) is 0.557. The molecule has 0 aromatic heterocycles. The Morgan fingerprint density at radius 2 is 1.86 bits per heavy atom. The Morgan fingerprint density at radius 3 is 2.48 bits per heavy atom. The van der Waals surface area contributed by atoms with E-state index in [0.29, 0.717) is 11.4 Å². The van der Waals surface area contributed by atoms with Gasteiger partial charge in [-0.05, 0) is 24.3 Å². The SMILES string of the molecule is COc1cccc(N(C)S(=O)(=O)c2c(N)cccc2Cl)c1. The van der Waals surface area contributed by atoms with E-state index in [1.165, 1.54) is 26.3 Å². The second-order valence-electron chi connectivity index (χ2n) is 4.33. The van der Waals surface area contributed by atoms with E-state index in [2.05, 4.69) is 0 Å². The average molecular weight is 327 g/mol. The van der Waals surface area contributed by atoms with Crippen LogP contribution in [0.3, 0.4) is 0 Å². The molecular weight excluding hydrogens is 312 g/mol. The van der Waals surface area contributed by atoms with Crippen LogP contribution in [-0.2, 0) is 10.0 Å². The van der Waals surface area contributed by atoms with E-state index in [9.17, 15) is 8.42 Å². The molecule has 2 aromatic carbocycles. The molecule has 112 valence electrons. The van der Waals surface area contributed by atoms with Gasteiger partial charge in [0.1, 0.15) is 10.6 Å². The second-order valence-corrected chi connectivity index (χ2v) is 6.65. The maximum absolute atomic E-state index is 12.7. The van der Waals surface area contributed by atoms with E-state index in [1.54, 1.807) is 30.3 Å². The van der Waals surface area contributed by atoms with Crippen molar-refractivity contribution in [3.63, 3.8) is 0 Å². The van der Waals surface area contributed by atoms with Gasteiger partial charge in [-0.25, -0.2) is 8.42 Å². The standard InChI is InChI=1S/C14H15ClN2O3S/c1-17(10-5-3-6-11(9-10)20-2)21(18,19)14-12(15)7-4-8-13(14)16/h3-9H,16H2,1-2H3. The third-order valence-electron chi connectivity index (χ3n) is 3.03. The van der Waals surface area contributed by atoms with Crippen molar-refractivity contribution >= 4 is 33.0 Å². The first-order valence-electron chi connectivity index (χ1n) is 6.05. The number of halogens is 1. The van der Waals surface area contributed by atoms with Gasteiger partial charge >= 0.3 is 0 Å². The molecule has 7 heteroatoms. The topological polar surface area (TPSA) is 72.6 Å². The fraction of sp³-hybridized carbons (Fsp3) is 0.143. The largest absolute Gasteiger partial charge is 0.497 e. The number of nitrogen functional groups attached to an aromatic ring is 1. The molecule has 0 unspecified atom stereocenters. The van der Waals surface area contributed by atoms with Crippen LogP contribution in [0.4, 0.5) is 11.4 Å². The molecule has 0 amide bonds. The molecule has 0 aliphatic heterocycles. The van der Waals surface area contributed by atoms with Crippen molar-refractivity contribution in [2.75, 3.05) is 24.2 Å². The van der Waals surface area contributed by atoms with Gasteiger partial charge in [0.2, 0.25) is 0 Å². The van der Waals surface area contributed by atoms with E-state index in [1.807, 2.05) is 0 Å². The number of hydrogen-bond acceptors (Lipinski definition) is 4. The Labute approximate surface area is 128 Å². The number of sulfonamides is 1. The molecule has 2 aromatic rings. The molecule has 2 N–H and O–H groups in total. The number of nitrogens with zero attached hydrogens (tertiary/aromatic N) is 1. The van der Waals surface area contributed by atoms with Crippen molar-refractivity contribution in [3.8, 4) is 5.75 Å². The van der Waals surface area contributed by atoms with Crippen LogP contribution in [0.15, 0.2) is 47.4 Å². The fourth-order valence-corrected chi connectivity index (χ4v) is 3.70. The molecule has 5 nitrogen and oxygen atoms in total. The molecule has 0 saturated heterocycles. The molecule has 0 spiro atoms. The van der Waals surface area contributed by atoms with Crippen molar-refractivity contribution in [1.82, 2.24) is 0 Å². The van der Waals surface area contributed by atoms with Gasteiger partial charge in [0.25, 0.3) is 10.0 Å². The maximum Gasteiger partial charge on any atom is 0.267 e. The van der Waals surface area contributed by atoms with Crippen molar-refractivity contribution in [3.05, 3.63) is 47.5 Å². The number of anilines is 2. The summed E-state index contributed by atoms with van der Waals surface area (Å²) in [6, 6.07) is 11.3. The highest BCUT2D eigenvalue weighted by Crippen LogP contribution is 2.32. The summed E-state index contributed by atoms with van der Waals surface area (Å²) in [6.45, 7) is 0. The lowest BCUT2D eigenvalue weighted by Gasteiger charge is -2.21. The summed E-state index contributed by atoms with van der Waals surface area (Å²) in [6.07, 6.45) is 0. The summed E-state index contributed by atoms with van der Waals surface area (Å²) < 4.78 is 31.6. The lowest BCUT2D eigenvalue weighted by Crippen LogP contribution is -2.27. The molecule has 0 aliphatic carbocycles. The first-order chi connectivity index (χ1) is 9.87. The molecule has 0 saturated carbocycles. The van der Waals surface area contributed by atoms with Gasteiger partial charge in [0.05, 0.1) is 23.5 Å². The first-order valence-corrected chi connectivity index (χ1v) is 7.86. The average Bonchev–Trinajstić information content (AvgIpc) is 2.46. The zero-order chi connectivity index (χ0) is 15.6. The highest BCUT2D eigenvalue weighted by atomic mass is 35.5. The van der Waals surface area contributed by atoms with Crippen LogP contribution < -0.4 is 14.8 Å². The third kappa shape index (κ3) is 2.91. The molecule has 0 fully saturated rings. The van der Waals surface area contributed by atoms with Gasteiger partial charge in [-0.15, -0.1) is 0 Å². The van der Waals surface area contributed by atoms with Crippen molar-refractivity contribution in [1.29, 1.82) is 0 Å². The van der Waals surface area contributed by atoms with Gasteiger partial charge in [-0.1, -0.05) is 23.7 Å². The zero-order valence-electron chi connectivity index (χ0n) is 11.6. The van der Waals surface area contributed by atoms with Gasteiger partial charge in [0.15, 0.2) is 0 Å². The fourth-order valence-electron chi connectivity index (χ4n) is 1.88.